The fraction of sp³-hybridized carbons (Fsp3) is 0.200. The summed E-state index contributed by atoms with van der Waals surface area (Å²) in [5.41, 5.74) is 4.09. The van der Waals surface area contributed by atoms with Crippen LogP contribution in [0, 0.1) is 0 Å². The van der Waals surface area contributed by atoms with Gasteiger partial charge in [0.2, 0.25) is 5.95 Å². The van der Waals surface area contributed by atoms with E-state index >= 15 is 0 Å². The molecule has 26 heavy (non-hydrogen) atoms. The Morgan fingerprint density at radius 3 is 2.62 bits per heavy atom. The molecule has 1 amide bonds. The zero-order valence-electron chi connectivity index (χ0n) is 14.3. The maximum Gasteiger partial charge on any atom is 0.254 e. The van der Waals surface area contributed by atoms with Crippen LogP contribution in [0.3, 0.4) is 0 Å². The smallest absolute Gasteiger partial charge is 0.254 e. The number of aromatic nitrogens is 3. The van der Waals surface area contributed by atoms with Crippen LogP contribution in [0.2, 0.25) is 0 Å². The van der Waals surface area contributed by atoms with Crippen molar-refractivity contribution in [1.82, 2.24) is 20.3 Å². The standard InChI is InChI=1S/C20H19N5O/c26-19(22-11-15-4-3-8-21-10-15)18-12-23-20(24-13-18)25-9-7-16-5-1-2-6-17(16)14-25/h1-6,8,10,12-13H,7,9,11,14H2,(H,22,26). The Hall–Kier alpha value is -3.28. The summed E-state index contributed by atoms with van der Waals surface area (Å²) in [7, 11) is 0. The second-order valence-electron chi connectivity index (χ2n) is 6.26. The van der Waals surface area contributed by atoms with Crippen LogP contribution in [0.25, 0.3) is 0 Å². The first-order valence-corrected chi connectivity index (χ1v) is 8.60. The van der Waals surface area contributed by atoms with E-state index in [1.807, 2.05) is 12.1 Å². The Kier molecular flexibility index (Phi) is 4.55. The molecule has 1 aliphatic heterocycles. The summed E-state index contributed by atoms with van der Waals surface area (Å²) in [6.07, 6.45) is 7.58. The van der Waals surface area contributed by atoms with Gasteiger partial charge in [-0.05, 0) is 29.2 Å². The van der Waals surface area contributed by atoms with Gasteiger partial charge in [0.1, 0.15) is 0 Å². The Bertz CT molecular complexity index is 896. The predicted octanol–water partition coefficient (Wildman–Crippen LogP) is 2.36. The number of hydrogen-bond donors (Lipinski definition) is 1. The lowest BCUT2D eigenvalue weighted by Crippen LogP contribution is -2.32. The fourth-order valence-electron chi connectivity index (χ4n) is 3.06. The normalized spacial score (nSPS) is 13.2. The zero-order chi connectivity index (χ0) is 17.8. The number of benzene rings is 1. The molecule has 1 aliphatic rings. The molecular weight excluding hydrogens is 326 g/mol. The minimum absolute atomic E-state index is 0.190. The number of anilines is 1. The SMILES string of the molecule is O=C(NCc1cccnc1)c1cnc(N2CCc3ccccc3C2)nc1. The van der Waals surface area contributed by atoms with E-state index < -0.39 is 0 Å². The summed E-state index contributed by atoms with van der Waals surface area (Å²) in [5.74, 6) is 0.465. The van der Waals surface area contributed by atoms with Crippen molar-refractivity contribution in [3.63, 3.8) is 0 Å². The van der Waals surface area contributed by atoms with E-state index in [1.165, 1.54) is 11.1 Å². The summed E-state index contributed by atoms with van der Waals surface area (Å²) in [6.45, 7) is 2.10. The second-order valence-corrected chi connectivity index (χ2v) is 6.26. The lowest BCUT2D eigenvalue weighted by Gasteiger charge is -2.28. The largest absolute Gasteiger partial charge is 0.348 e. The van der Waals surface area contributed by atoms with Crippen molar-refractivity contribution in [2.75, 3.05) is 11.4 Å². The second kappa shape index (κ2) is 7.31. The molecule has 130 valence electrons. The third kappa shape index (κ3) is 3.54. The fourth-order valence-corrected chi connectivity index (χ4v) is 3.06. The van der Waals surface area contributed by atoms with E-state index in [0.717, 1.165) is 25.1 Å². The van der Waals surface area contributed by atoms with Crippen LogP contribution in [0.1, 0.15) is 27.0 Å². The highest BCUT2D eigenvalue weighted by atomic mass is 16.1. The van der Waals surface area contributed by atoms with Crippen molar-refractivity contribution >= 4 is 11.9 Å². The number of carbonyl (C=O) groups is 1. The Labute approximate surface area is 151 Å². The molecule has 6 nitrogen and oxygen atoms in total. The lowest BCUT2D eigenvalue weighted by molar-refractivity contribution is 0.0950. The van der Waals surface area contributed by atoms with Crippen LogP contribution < -0.4 is 10.2 Å². The van der Waals surface area contributed by atoms with Gasteiger partial charge in [-0.25, -0.2) is 9.97 Å². The third-order valence-electron chi connectivity index (χ3n) is 4.49. The first kappa shape index (κ1) is 16.2. The van der Waals surface area contributed by atoms with Crippen molar-refractivity contribution in [3.05, 3.63) is 83.4 Å². The molecule has 0 atom stereocenters. The van der Waals surface area contributed by atoms with Gasteiger partial charge in [-0.2, -0.15) is 0 Å². The molecule has 0 fully saturated rings. The molecule has 0 spiro atoms. The van der Waals surface area contributed by atoms with Crippen molar-refractivity contribution < 1.29 is 4.79 Å². The number of hydrogen-bond acceptors (Lipinski definition) is 5. The van der Waals surface area contributed by atoms with Gasteiger partial charge in [0, 0.05) is 44.4 Å². The maximum atomic E-state index is 12.2. The molecule has 3 aromatic rings. The van der Waals surface area contributed by atoms with Crippen LogP contribution in [-0.4, -0.2) is 27.4 Å². The quantitative estimate of drug-likeness (QED) is 0.786. The Morgan fingerprint density at radius 1 is 1.04 bits per heavy atom. The van der Waals surface area contributed by atoms with Crippen LogP contribution in [0.15, 0.2) is 61.2 Å². The van der Waals surface area contributed by atoms with E-state index in [4.69, 9.17) is 0 Å². The van der Waals surface area contributed by atoms with Gasteiger partial charge in [0.25, 0.3) is 5.91 Å². The minimum atomic E-state index is -0.190. The number of amides is 1. The molecule has 3 heterocycles. The molecule has 1 N–H and O–H groups in total. The average Bonchev–Trinajstić information content (AvgIpc) is 2.72. The predicted molar refractivity (Wildman–Crippen MR) is 98.6 cm³/mol. The maximum absolute atomic E-state index is 12.2. The summed E-state index contributed by atoms with van der Waals surface area (Å²) in [6, 6.07) is 12.2. The third-order valence-corrected chi connectivity index (χ3v) is 4.49. The molecule has 0 aliphatic carbocycles. The topological polar surface area (TPSA) is 71.0 Å². The van der Waals surface area contributed by atoms with Gasteiger partial charge in [-0.15, -0.1) is 0 Å². The van der Waals surface area contributed by atoms with Crippen molar-refractivity contribution in [3.8, 4) is 0 Å². The van der Waals surface area contributed by atoms with Crippen LogP contribution in [0.5, 0.6) is 0 Å². The van der Waals surface area contributed by atoms with Gasteiger partial charge >= 0.3 is 0 Å². The van der Waals surface area contributed by atoms with Gasteiger partial charge in [0.15, 0.2) is 0 Å². The van der Waals surface area contributed by atoms with Crippen molar-refractivity contribution in [2.24, 2.45) is 0 Å². The molecule has 6 heteroatoms. The van der Waals surface area contributed by atoms with Crippen molar-refractivity contribution in [1.29, 1.82) is 0 Å². The Balaban J connectivity index is 1.40. The van der Waals surface area contributed by atoms with E-state index in [1.54, 1.807) is 24.8 Å². The number of rotatable bonds is 4. The zero-order valence-corrected chi connectivity index (χ0v) is 14.3. The molecule has 0 saturated heterocycles. The first-order valence-electron chi connectivity index (χ1n) is 8.60. The number of pyridine rings is 1. The molecule has 0 unspecified atom stereocenters. The number of fused-ring (bicyclic) bond motifs is 1. The van der Waals surface area contributed by atoms with Gasteiger partial charge < -0.3 is 10.2 Å². The van der Waals surface area contributed by atoms with E-state index in [9.17, 15) is 4.79 Å². The molecule has 2 aromatic heterocycles. The summed E-state index contributed by atoms with van der Waals surface area (Å²) in [5, 5.41) is 2.85. The number of carbonyl (C=O) groups excluding carboxylic acids is 1. The first-order chi connectivity index (χ1) is 12.8. The minimum Gasteiger partial charge on any atom is -0.348 e. The van der Waals surface area contributed by atoms with Crippen LogP contribution in [-0.2, 0) is 19.5 Å². The summed E-state index contributed by atoms with van der Waals surface area (Å²) < 4.78 is 0. The summed E-state index contributed by atoms with van der Waals surface area (Å²) >= 11 is 0. The highest BCUT2D eigenvalue weighted by Gasteiger charge is 2.18. The van der Waals surface area contributed by atoms with E-state index in [-0.39, 0.29) is 5.91 Å². The monoisotopic (exact) mass is 345 g/mol. The molecule has 4 rings (SSSR count). The molecular formula is C20H19N5O. The van der Waals surface area contributed by atoms with Crippen LogP contribution >= 0.6 is 0 Å². The molecule has 1 aromatic carbocycles. The average molecular weight is 345 g/mol. The van der Waals surface area contributed by atoms with Gasteiger partial charge in [-0.1, -0.05) is 30.3 Å². The molecule has 0 saturated carbocycles. The van der Waals surface area contributed by atoms with Gasteiger partial charge in [-0.3, -0.25) is 9.78 Å². The highest BCUT2D eigenvalue weighted by molar-refractivity contribution is 5.93. The van der Waals surface area contributed by atoms with E-state index in [0.29, 0.717) is 18.1 Å². The molecule has 0 radical (unpaired) electrons. The van der Waals surface area contributed by atoms with Crippen molar-refractivity contribution in [2.45, 2.75) is 19.5 Å². The summed E-state index contributed by atoms with van der Waals surface area (Å²) in [4.78, 5) is 27.2. The number of nitrogens with one attached hydrogen (secondary N) is 1. The molecule has 0 bridgehead atoms. The van der Waals surface area contributed by atoms with Gasteiger partial charge in [0.05, 0.1) is 5.56 Å². The van der Waals surface area contributed by atoms with Crippen LogP contribution in [0.4, 0.5) is 5.95 Å². The lowest BCUT2D eigenvalue weighted by atomic mass is 10.0. The van der Waals surface area contributed by atoms with E-state index in [2.05, 4.69) is 49.4 Å². The Morgan fingerprint density at radius 2 is 1.85 bits per heavy atom. The number of nitrogens with zero attached hydrogens (tertiary/aromatic N) is 4. The highest BCUT2D eigenvalue weighted by Crippen LogP contribution is 2.21.